The lowest BCUT2D eigenvalue weighted by Gasteiger charge is -2.16. The summed E-state index contributed by atoms with van der Waals surface area (Å²) < 4.78 is 11.2. The molecule has 0 spiro atoms. The summed E-state index contributed by atoms with van der Waals surface area (Å²) in [5.41, 5.74) is 2.68. The second kappa shape index (κ2) is 6.93. The number of methoxy groups -OCH3 is 1. The Morgan fingerprint density at radius 3 is 2.62 bits per heavy atom. The molecule has 3 aromatic rings. The van der Waals surface area contributed by atoms with Gasteiger partial charge in [0.1, 0.15) is 11.8 Å². The number of hydrogen-bond acceptors (Lipinski definition) is 5. The number of anilines is 1. The second-order valence-electron chi connectivity index (χ2n) is 5.48. The number of hydrogen-bond donors (Lipinski definition) is 1. The molecule has 124 valence electrons. The Hall–Kier alpha value is -2.53. The van der Waals surface area contributed by atoms with Crippen LogP contribution in [0.3, 0.4) is 0 Å². The van der Waals surface area contributed by atoms with Gasteiger partial charge in [0.25, 0.3) is 0 Å². The van der Waals surface area contributed by atoms with Crippen LogP contribution in [0.2, 0.25) is 5.02 Å². The fraction of sp³-hybridized carbons (Fsp3) is 0.222. The van der Waals surface area contributed by atoms with E-state index in [1.807, 2.05) is 50.2 Å². The molecule has 0 unspecified atom stereocenters. The molecular formula is C18H18ClN3O2. The van der Waals surface area contributed by atoms with Crippen molar-refractivity contribution in [2.75, 3.05) is 12.4 Å². The molecule has 0 fully saturated rings. The van der Waals surface area contributed by atoms with E-state index in [4.69, 9.17) is 20.8 Å². The van der Waals surface area contributed by atoms with Gasteiger partial charge in [-0.3, -0.25) is 0 Å². The number of rotatable bonds is 5. The molecule has 1 N–H and O–H groups in total. The highest BCUT2D eigenvalue weighted by Crippen LogP contribution is 2.33. The van der Waals surface area contributed by atoms with Crippen LogP contribution >= 0.6 is 11.6 Å². The van der Waals surface area contributed by atoms with Crippen LogP contribution in [0.15, 0.2) is 46.9 Å². The lowest BCUT2D eigenvalue weighted by molar-refractivity contribution is 0.415. The van der Waals surface area contributed by atoms with Crippen LogP contribution in [0.1, 0.15) is 24.4 Å². The van der Waals surface area contributed by atoms with Crippen molar-refractivity contribution in [1.82, 2.24) is 10.2 Å². The Morgan fingerprint density at radius 2 is 1.92 bits per heavy atom. The first-order chi connectivity index (χ1) is 11.6. The molecule has 0 radical (unpaired) electrons. The Labute approximate surface area is 145 Å². The first kappa shape index (κ1) is 16.3. The summed E-state index contributed by atoms with van der Waals surface area (Å²) in [5, 5.41) is 12.2. The second-order valence-corrected chi connectivity index (χ2v) is 5.89. The predicted octanol–water partition coefficient (Wildman–Crippen LogP) is 4.88. The van der Waals surface area contributed by atoms with Crippen molar-refractivity contribution in [2.24, 2.45) is 0 Å². The van der Waals surface area contributed by atoms with Gasteiger partial charge in [-0.05, 0) is 37.6 Å². The first-order valence-electron chi connectivity index (χ1n) is 7.58. The summed E-state index contributed by atoms with van der Waals surface area (Å²) in [6.07, 6.45) is 0. The number of aromatic nitrogens is 2. The molecule has 0 aliphatic heterocycles. The number of nitrogens with one attached hydrogen (secondary N) is 1. The molecule has 0 saturated heterocycles. The van der Waals surface area contributed by atoms with Crippen LogP contribution in [-0.2, 0) is 0 Å². The SMILES string of the molecule is COc1cc(Cl)c(C)cc1N[C@H](C)c1nnc(-c2ccccc2)o1. The van der Waals surface area contributed by atoms with Gasteiger partial charge < -0.3 is 14.5 Å². The molecule has 0 bridgehead atoms. The van der Waals surface area contributed by atoms with E-state index < -0.39 is 0 Å². The minimum atomic E-state index is -0.176. The predicted molar refractivity (Wildman–Crippen MR) is 94.5 cm³/mol. The van der Waals surface area contributed by atoms with Crippen LogP contribution in [0.5, 0.6) is 5.75 Å². The van der Waals surface area contributed by atoms with Crippen molar-refractivity contribution in [2.45, 2.75) is 19.9 Å². The van der Waals surface area contributed by atoms with Gasteiger partial charge in [-0.2, -0.15) is 0 Å². The maximum absolute atomic E-state index is 6.14. The molecule has 0 aliphatic rings. The highest BCUT2D eigenvalue weighted by atomic mass is 35.5. The number of ether oxygens (including phenoxy) is 1. The number of nitrogens with zero attached hydrogens (tertiary/aromatic N) is 2. The molecule has 5 nitrogen and oxygen atoms in total. The fourth-order valence-corrected chi connectivity index (χ4v) is 2.50. The highest BCUT2D eigenvalue weighted by Gasteiger charge is 2.17. The van der Waals surface area contributed by atoms with Crippen molar-refractivity contribution < 1.29 is 9.15 Å². The van der Waals surface area contributed by atoms with E-state index in [0.717, 1.165) is 16.8 Å². The van der Waals surface area contributed by atoms with Crippen LogP contribution in [-0.4, -0.2) is 17.3 Å². The van der Waals surface area contributed by atoms with E-state index in [2.05, 4.69) is 15.5 Å². The van der Waals surface area contributed by atoms with E-state index in [0.29, 0.717) is 22.6 Å². The third-order valence-electron chi connectivity index (χ3n) is 3.68. The van der Waals surface area contributed by atoms with Crippen molar-refractivity contribution in [3.8, 4) is 17.2 Å². The average Bonchev–Trinajstić information content (AvgIpc) is 3.09. The molecule has 6 heteroatoms. The maximum Gasteiger partial charge on any atom is 0.247 e. The van der Waals surface area contributed by atoms with E-state index in [9.17, 15) is 0 Å². The van der Waals surface area contributed by atoms with Crippen molar-refractivity contribution in [1.29, 1.82) is 0 Å². The van der Waals surface area contributed by atoms with Gasteiger partial charge in [-0.1, -0.05) is 29.8 Å². The van der Waals surface area contributed by atoms with E-state index in [1.165, 1.54) is 0 Å². The highest BCUT2D eigenvalue weighted by molar-refractivity contribution is 6.31. The van der Waals surface area contributed by atoms with Crippen molar-refractivity contribution in [3.05, 3.63) is 58.9 Å². The molecule has 0 aliphatic carbocycles. The molecular weight excluding hydrogens is 326 g/mol. The average molecular weight is 344 g/mol. The summed E-state index contributed by atoms with van der Waals surface area (Å²) in [7, 11) is 1.61. The zero-order chi connectivity index (χ0) is 17.1. The van der Waals surface area contributed by atoms with Crippen LogP contribution in [0.25, 0.3) is 11.5 Å². The van der Waals surface area contributed by atoms with Crippen LogP contribution in [0.4, 0.5) is 5.69 Å². The quantitative estimate of drug-likeness (QED) is 0.715. The molecule has 1 atom stereocenters. The van der Waals surface area contributed by atoms with Gasteiger partial charge in [-0.15, -0.1) is 10.2 Å². The van der Waals surface area contributed by atoms with Crippen LogP contribution in [0, 0.1) is 6.92 Å². The summed E-state index contributed by atoms with van der Waals surface area (Å²) in [6.45, 7) is 3.89. The standard InChI is InChI=1S/C18H18ClN3O2/c1-11-9-15(16(23-3)10-14(11)19)20-12(2)17-21-22-18(24-17)13-7-5-4-6-8-13/h4-10,12,20H,1-3H3/t12-/m1/s1. The Kier molecular flexibility index (Phi) is 4.71. The van der Waals surface area contributed by atoms with Crippen molar-refractivity contribution in [3.63, 3.8) is 0 Å². The summed E-state index contributed by atoms with van der Waals surface area (Å²) in [4.78, 5) is 0. The van der Waals surface area contributed by atoms with E-state index >= 15 is 0 Å². The minimum Gasteiger partial charge on any atom is -0.495 e. The molecule has 0 amide bonds. The van der Waals surface area contributed by atoms with Gasteiger partial charge in [0.15, 0.2) is 0 Å². The summed E-state index contributed by atoms with van der Waals surface area (Å²) in [5.74, 6) is 1.67. The Morgan fingerprint density at radius 1 is 1.17 bits per heavy atom. The Balaban J connectivity index is 1.82. The largest absolute Gasteiger partial charge is 0.495 e. The first-order valence-corrected chi connectivity index (χ1v) is 7.95. The lowest BCUT2D eigenvalue weighted by atomic mass is 10.2. The molecule has 0 saturated carbocycles. The van der Waals surface area contributed by atoms with Crippen molar-refractivity contribution >= 4 is 17.3 Å². The molecule has 2 aromatic carbocycles. The van der Waals surface area contributed by atoms with Gasteiger partial charge in [0.2, 0.25) is 11.8 Å². The molecule has 3 rings (SSSR count). The normalized spacial score (nSPS) is 12.0. The topological polar surface area (TPSA) is 60.2 Å². The van der Waals surface area contributed by atoms with Gasteiger partial charge in [0.05, 0.1) is 12.8 Å². The third-order valence-corrected chi connectivity index (χ3v) is 4.09. The molecule has 1 heterocycles. The zero-order valence-corrected chi connectivity index (χ0v) is 14.5. The van der Waals surface area contributed by atoms with E-state index in [-0.39, 0.29) is 6.04 Å². The lowest BCUT2D eigenvalue weighted by Crippen LogP contribution is -2.08. The number of aryl methyl sites for hydroxylation is 1. The number of halogens is 1. The Bertz CT molecular complexity index is 834. The smallest absolute Gasteiger partial charge is 0.247 e. The fourth-order valence-electron chi connectivity index (χ4n) is 2.35. The summed E-state index contributed by atoms with van der Waals surface area (Å²) >= 11 is 6.14. The van der Waals surface area contributed by atoms with Gasteiger partial charge in [0, 0.05) is 16.7 Å². The number of benzene rings is 2. The molecule has 24 heavy (non-hydrogen) atoms. The van der Waals surface area contributed by atoms with Crippen LogP contribution < -0.4 is 10.1 Å². The minimum absolute atomic E-state index is 0.176. The summed E-state index contributed by atoms with van der Waals surface area (Å²) in [6, 6.07) is 13.2. The maximum atomic E-state index is 6.14. The molecule has 1 aromatic heterocycles. The third kappa shape index (κ3) is 3.36. The van der Waals surface area contributed by atoms with Gasteiger partial charge >= 0.3 is 0 Å². The monoisotopic (exact) mass is 343 g/mol. The van der Waals surface area contributed by atoms with Gasteiger partial charge in [-0.25, -0.2) is 0 Å². The van der Waals surface area contributed by atoms with E-state index in [1.54, 1.807) is 13.2 Å². The zero-order valence-electron chi connectivity index (χ0n) is 13.7.